The maximum absolute atomic E-state index is 6.12. The first kappa shape index (κ1) is 15.3. The van der Waals surface area contributed by atoms with Gasteiger partial charge in [0.05, 0.1) is 5.54 Å². The summed E-state index contributed by atoms with van der Waals surface area (Å²) in [5.74, 6) is 0. The van der Waals surface area contributed by atoms with Gasteiger partial charge in [-0.1, -0.05) is 24.6 Å². The van der Waals surface area contributed by atoms with Gasteiger partial charge in [0.15, 0.2) is 0 Å². The number of rotatable bonds is 5. The molecule has 0 amide bonds. The molecule has 1 fully saturated rings. The Kier molecular flexibility index (Phi) is 5.44. The number of likely N-dealkylation sites (tertiary alicyclic amines) is 1. The first-order chi connectivity index (χ1) is 9.67. The fourth-order valence-electron chi connectivity index (χ4n) is 3.11. The Morgan fingerprint density at radius 2 is 1.95 bits per heavy atom. The van der Waals surface area contributed by atoms with Crippen LogP contribution in [-0.2, 0) is 0 Å². The molecule has 20 heavy (non-hydrogen) atoms. The third-order valence-corrected chi connectivity index (χ3v) is 4.43. The van der Waals surface area contributed by atoms with Crippen LogP contribution in [0.4, 0.5) is 5.69 Å². The molecule has 3 nitrogen and oxygen atoms in total. The van der Waals surface area contributed by atoms with Crippen LogP contribution in [0.15, 0.2) is 24.3 Å². The van der Waals surface area contributed by atoms with Crippen molar-refractivity contribution < 1.29 is 0 Å². The quantitative estimate of drug-likeness (QED) is 0.868. The molecule has 1 heterocycles. The Bertz CT molecular complexity index is 401. The van der Waals surface area contributed by atoms with Crippen LogP contribution in [-0.4, -0.2) is 36.6 Å². The fourth-order valence-corrected chi connectivity index (χ4v) is 3.11. The average molecular weight is 275 g/mol. The number of aryl methyl sites for hydroxylation is 1. The second-order valence-corrected chi connectivity index (χ2v) is 6.17. The minimum absolute atomic E-state index is 0.0672. The van der Waals surface area contributed by atoms with E-state index in [-0.39, 0.29) is 5.54 Å². The molecular weight excluding hydrogens is 246 g/mol. The summed E-state index contributed by atoms with van der Waals surface area (Å²) in [6, 6.07) is 8.65. The van der Waals surface area contributed by atoms with E-state index in [1.807, 2.05) is 0 Å². The molecule has 0 spiro atoms. The Morgan fingerprint density at radius 1 is 1.20 bits per heavy atom. The maximum Gasteiger partial charge on any atom is 0.0508 e. The summed E-state index contributed by atoms with van der Waals surface area (Å²) in [5, 5.41) is 3.72. The number of hydrogen-bond donors (Lipinski definition) is 2. The van der Waals surface area contributed by atoms with E-state index in [1.165, 1.54) is 37.2 Å². The lowest BCUT2D eigenvalue weighted by Crippen LogP contribution is -2.46. The zero-order valence-electron chi connectivity index (χ0n) is 13.0. The number of hydrogen-bond acceptors (Lipinski definition) is 3. The van der Waals surface area contributed by atoms with Gasteiger partial charge >= 0.3 is 0 Å². The van der Waals surface area contributed by atoms with Crippen molar-refractivity contribution in [3.63, 3.8) is 0 Å². The average Bonchev–Trinajstić information content (AvgIpc) is 2.66. The molecule has 3 N–H and O–H groups in total. The minimum atomic E-state index is 0.0672. The summed E-state index contributed by atoms with van der Waals surface area (Å²) in [4.78, 5) is 2.58. The first-order valence-corrected chi connectivity index (χ1v) is 7.95. The molecule has 0 aliphatic carbocycles. The molecule has 112 valence electrons. The summed E-state index contributed by atoms with van der Waals surface area (Å²) in [5.41, 5.74) is 8.69. The van der Waals surface area contributed by atoms with Crippen molar-refractivity contribution in [1.82, 2.24) is 4.90 Å². The molecule has 1 aliphatic heterocycles. The first-order valence-electron chi connectivity index (χ1n) is 7.95. The van der Waals surface area contributed by atoms with Gasteiger partial charge in [-0.25, -0.2) is 0 Å². The summed E-state index contributed by atoms with van der Waals surface area (Å²) in [6.07, 6.45) is 4.77. The lowest BCUT2D eigenvalue weighted by atomic mass is 9.90. The minimum Gasteiger partial charge on any atom is -0.378 e. The van der Waals surface area contributed by atoms with Gasteiger partial charge in [-0.05, 0) is 57.8 Å². The van der Waals surface area contributed by atoms with E-state index in [0.29, 0.717) is 6.54 Å². The fraction of sp³-hybridized carbons (Fsp3) is 0.647. The van der Waals surface area contributed by atoms with Crippen LogP contribution < -0.4 is 11.1 Å². The van der Waals surface area contributed by atoms with E-state index in [1.54, 1.807) is 0 Å². The van der Waals surface area contributed by atoms with Gasteiger partial charge in [0.25, 0.3) is 0 Å². The lowest BCUT2D eigenvalue weighted by molar-refractivity contribution is 0.279. The van der Waals surface area contributed by atoms with Crippen LogP contribution in [0.2, 0.25) is 0 Å². The largest absolute Gasteiger partial charge is 0.378 e. The predicted octanol–water partition coefficient (Wildman–Crippen LogP) is 3.00. The molecule has 0 saturated carbocycles. The molecule has 2 rings (SSSR count). The monoisotopic (exact) mass is 275 g/mol. The SMILES string of the molecule is CCCN1CCCC(CN)(Nc2ccc(C)cc2)CC1. The molecular formula is C17H29N3. The number of anilines is 1. The third-order valence-electron chi connectivity index (χ3n) is 4.43. The summed E-state index contributed by atoms with van der Waals surface area (Å²) >= 11 is 0. The van der Waals surface area contributed by atoms with Crippen molar-refractivity contribution in [2.24, 2.45) is 5.73 Å². The normalized spacial score (nSPS) is 24.4. The van der Waals surface area contributed by atoms with E-state index >= 15 is 0 Å². The molecule has 1 atom stereocenters. The van der Waals surface area contributed by atoms with E-state index < -0.39 is 0 Å². The van der Waals surface area contributed by atoms with E-state index in [9.17, 15) is 0 Å². The predicted molar refractivity (Wildman–Crippen MR) is 87.2 cm³/mol. The molecule has 0 radical (unpaired) electrons. The molecule has 0 aromatic heterocycles. The van der Waals surface area contributed by atoms with E-state index in [0.717, 1.165) is 19.4 Å². The number of nitrogens with zero attached hydrogens (tertiary/aromatic N) is 1. The highest BCUT2D eigenvalue weighted by molar-refractivity contribution is 5.47. The van der Waals surface area contributed by atoms with Crippen LogP contribution in [0.25, 0.3) is 0 Å². The van der Waals surface area contributed by atoms with Gasteiger partial charge in [-0.2, -0.15) is 0 Å². The lowest BCUT2D eigenvalue weighted by Gasteiger charge is -2.34. The number of benzene rings is 1. The molecule has 0 bridgehead atoms. The maximum atomic E-state index is 6.12. The van der Waals surface area contributed by atoms with Crippen molar-refractivity contribution in [3.8, 4) is 0 Å². The van der Waals surface area contributed by atoms with Crippen LogP contribution >= 0.6 is 0 Å². The molecule has 1 aromatic rings. The standard InChI is InChI=1S/C17H29N3/c1-3-11-20-12-4-9-17(14-18,10-13-20)19-16-7-5-15(2)6-8-16/h5-8,19H,3-4,9-14,18H2,1-2H3. The van der Waals surface area contributed by atoms with Crippen LogP contribution in [0.3, 0.4) is 0 Å². The van der Waals surface area contributed by atoms with Crippen molar-refractivity contribution in [1.29, 1.82) is 0 Å². The molecule has 1 aliphatic rings. The number of nitrogens with two attached hydrogens (primary N) is 1. The molecule has 1 saturated heterocycles. The van der Waals surface area contributed by atoms with Gasteiger partial charge < -0.3 is 16.0 Å². The van der Waals surface area contributed by atoms with Gasteiger partial charge in [0.1, 0.15) is 0 Å². The topological polar surface area (TPSA) is 41.3 Å². The second-order valence-electron chi connectivity index (χ2n) is 6.17. The van der Waals surface area contributed by atoms with Gasteiger partial charge in [0.2, 0.25) is 0 Å². The smallest absolute Gasteiger partial charge is 0.0508 e. The molecule has 1 unspecified atom stereocenters. The van der Waals surface area contributed by atoms with Crippen molar-refractivity contribution >= 4 is 5.69 Å². The third kappa shape index (κ3) is 3.97. The highest BCUT2D eigenvalue weighted by Crippen LogP contribution is 2.26. The Hall–Kier alpha value is -1.06. The van der Waals surface area contributed by atoms with Crippen LogP contribution in [0, 0.1) is 6.92 Å². The zero-order chi connectivity index (χ0) is 14.4. The summed E-state index contributed by atoms with van der Waals surface area (Å²) in [6.45, 7) is 8.67. The van der Waals surface area contributed by atoms with Gasteiger partial charge in [-0.3, -0.25) is 0 Å². The highest BCUT2D eigenvalue weighted by Gasteiger charge is 2.30. The van der Waals surface area contributed by atoms with Crippen molar-refractivity contribution in [2.75, 3.05) is 31.5 Å². The van der Waals surface area contributed by atoms with Crippen LogP contribution in [0.1, 0.15) is 38.2 Å². The zero-order valence-corrected chi connectivity index (χ0v) is 13.0. The van der Waals surface area contributed by atoms with E-state index in [4.69, 9.17) is 5.73 Å². The van der Waals surface area contributed by atoms with Gasteiger partial charge in [0, 0.05) is 18.8 Å². The molecule has 1 aromatic carbocycles. The van der Waals surface area contributed by atoms with Crippen LogP contribution in [0.5, 0.6) is 0 Å². The summed E-state index contributed by atoms with van der Waals surface area (Å²) < 4.78 is 0. The van der Waals surface area contributed by atoms with Gasteiger partial charge in [-0.15, -0.1) is 0 Å². The molecule has 3 heteroatoms. The second kappa shape index (κ2) is 7.09. The Morgan fingerprint density at radius 3 is 2.60 bits per heavy atom. The van der Waals surface area contributed by atoms with Crippen molar-refractivity contribution in [3.05, 3.63) is 29.8 Å². The Balaban J connectivity index is 2.03. The highest BCUT2D eigenvalue weighted by atomic mass is 15.1. The number of nitrogens with one attached hydrogen (secondary N) is 1. The summed E-state index contributed by atoms with van der Waals surface area (Å²) in [7, 11) is 0. The van der Waals surface area contributed by atoms with E-state index in [2.05, 4.69) is 48.3 Å². The van der Waals surface area contributed by atoms with Crippen molar-refractivity contribution in [2.45, 2.75) is 45.1 Å². The Labute approximate surface area is 123 Å².